The van der Waals surface area contributed by atoms with Crippen LogP contribution in [0.5, 0.6) is 0 Å². The average molecular weight is 437 g/mol. The van der Waals surface area contributed by atoms with E-state index in [1.807, 2.05) is 18.2 Å². The van der Waals surface area contributed by atoms with Crippen molar-refractivity contribution >= 4 is 18.7 Å². The Balaban J connectivity index is 2.59. The van der Waals surface area contributed by atoms with Crippen molar-refractivity contribution in [2.24, 2.45) is 0 Å². The number of unbranched alkanes of at least 4 members (excludes halogenated alkanes) is 12. The van der Waals surface area contributed by atoms with E-state index in [4.69, 9.17) is 0 Å². The molecule has 0 bridgehead atoms. The summed E-state index contributed by atoms with van der Waals surface area (Å²) in [4.78, 5) is 32.2. The molecule has 0 aromatic heterocycles. The fraction of sp³-hybridized carbons (Fsp3) is 0.615. The van der Waals surface area contributed by atoms with E-state index >= 15 is 0 Å². The minimum absolute atomic E-state index is 0.224. The van der Waals surface area contributed by atoms with Crippen molar-refractivity contribution in [3.05, 3.63) is 47.8 Å². The average Bonchev–Trinajstić information content (AvgIpc) is 2.72. The van der Waals surface area contributed by atoms with Crippen molar-refractivity contribution in [3.63, 3.8) is 0 Å². The molecule has 0 aliphatic heterocycles. The number of rotatable bonds is 17. The second kappa shape index (κ2) is 14.9. The topological polar surface area (TPSA) is 60.7 Å². The van der Waals surface area contributed by atoms with E-state index in [0.717, 1.165) is 32.1 Å². The van der Waals surface area contributed by atoms with Gasteiger partial charge < -0.3 is 0 Å². The Morgan fingerprint density at radius 3 is 1.77 bits per heavy atom. The van der Waals surface area contributed by atoms with Crippen molar-refractivity contribution in [3.8, 4) is 0 Å². The van der Waals surface area contributed by atoms with E-state index in [0.29, 0.717) is 5.56 Å². The van der Waals surface area contributed by atoms with Crippen LogP contribution >= 0.6 is 7.28 Å². The number of benzene rings is 1. The summed E-state index contributed by atoms with van der Waals surface area (Å²) in [6, 6.07) is 7.06. The third-order valence-corrected chi connectivity index (χ3v) is 7.62. The van der Waals surface area contributed by atoms with Gasteiger partial charge in [0.1, 0.15) is 0 Å². The molecule has 0 unspecified atom stereocenters. The fourth-order valence-corrected chi connectivity index (χ4v) is 5.38. The zero-order valence-electron chi connectivity index (χ0n) is 19.3. The van der Waals surface area contributed by atoms with Gasteiger partial charge in [-0.15, -0.1) is 0 Å². The Hall–Kier alpha value is -0.990. The summed E-state index contributed by atoms with van der Waals surface area (Å²) >= 11 is 0. The Morgan fingerprint density at radius 1 is 0.667 bits per heavy atom. The van der Waals surface area contributed by atoms with Gasteiger partial charge in [0.05, 0.1) is 0 Å². The van der Waals surface area contributed by atoms with Crippen LogP contribution in [0.1, 0.15) is 109 Å². The normalized spacial score (nSPS) is 13.8. The standard InChI is InChI=1S/C26H45O3P/c1-3-5-7-9-11-13-15-17-21-25-22-18-19-23-26(25)30(27,28,29)24-20-16-14-12-10-8-6-4-2/h17-24,27-29H,3-16H2,1-2H3. The molecule has 0 aliphatic rings. The third-order valence-electron chi connectivity index (χ3n) is 5.53. The van der Waals surface area contributed by atoms with Gasteiger partial charge in [0, 0.05) is 0 Å². The van der Waals surface area contributed by atoms with E-state index in [9.17, 15) is 14.7 Å². The Kier molecular flexibility index (Phi) is 13.4. The van der Waals surface area contributed by atoms with Crippen LogP contribution < -0.4 is 5.30 Å². The molecule has 0 amide bonds. The first-order chi connectivity index (χ1) is 14.4. The molecule has 1 aromatic rings. The summed E-state index contributed by atoms with van der Waals surface area (Å²) in [6.07, 6.45) is 22.1. The minimum atomic E-state index is -5.01. The molecule has 0 saturated carbocycles. The third kappa shape index (κ3) is 11.4. The molecular formula is C26H45O3P. The maximum atomic E-state index is 10.7. The van der Waals surface area contributed by atoms with Crippen molar-refractivity contribution < 1.29 is 14.7 Å². The molecule has 1 aromatic carbocycles. The van der Waals surface area contributed by atoms with Crippen molar-refractivity contribution in [1.29, 1.82) is 0 Å². The zero-order chi connectivity index (χ0) is 22.2. The van der Waals surface area contributed by atoms with Gasteiger partial charge in [-0.2, -0.15) is 0 Å². The zero-order valence-corrected chi connectivity index (χ0v) is 20.2. The molecule has 0 saturated heterocycles. The quantitative estimate of drug-likeness (QED) is 0.174. The first kappa shape index (κ1) is 27.0. The van der Waals surface area contributed by atoms with E-state index in [-0.39, 0.29) is 5.30 Å². The molecule has 0 atom stereocenters. The van der Waals surface area contributed by atoms with Crippen LogP contribution in [0.4, 0.5) is 0 Å². The van der Waals surface area contributed by atoms with Gasteiger partial charge in [0.25, 0.3) is 0 Å². The Labute approximate surface area is 185 Å². The first-order valence-electron chi connectivity index (χ1n) is 12.1. The van der Waals surface area contributed by atoms with Gasteiger partial charge in [0.15, 0.2) is 0 Å². The molecule has 4 heteroatoms. The van der Waals surface area contributed by atoms with E-state index < -0.39 is 7.28 Å². The van der Waals surface area contributed by atoms with Gasteiger partial charge in [0.2, 0.25) is 0 Å². The summed E-state index contributed by atoms with van der Waals surface area (Å²) in [5.41, 5.74) is 0.679. The van der Waals surface area contributed by atoms with Gasteiger partial charge in [-0.1, -0.05) is 0 Å². The van der Waals surface area contributed by atoms with E-state index in [1.165, 1.54) is 63.6 Å². The Bertz CT molecular complexity index is 629. The van der Waals surface area contributed by atoms with Crippen LogP contribution in [0, 0.1) is 0 Å². The van der Waals surface area contributed by atoms with Crippen LogP contribution in [0.2, 0.25) is 0 Å². The molecule has 172 valence electrons. The summed E-state index contributed by atoms with van der Waals surface area (Å²) in [5.74, 6) is 1.25. The summed E-state index contributed by atoms with van der Waals surface area (Å²) in [5, 5.41) is 0.224. The van der Waals surface area contributed by atoms with E-state index in [1.54, 1.807) is 18.2 Å². The second-order valence-electron chi connectivity index (χ2n) is 8.50. The van der Waals surface area contributed by atoms with Gasteiger partial charge in [-0.25, -0.2) is 0 Å². The van der Waals surface area contributed by atoms with Gasteiger partial charge in [-0.3, -0.25) is 0 Å². The van der Waals surface area contributed by atoms with Crippen molar-refractivity contribution in [2.45, 2.75) is 104 Å². The van der Waals surface area contributed by atoms with Crippen LogP contribution in [0.3, 0.4) is 0 Å². The Morgan fingerprint density at radius 2 is 1.17 bits per heavy atom. The molecule has 0 spiro atoms. The fourth-order valence-electron chi connectivity index (χ4n) is 3.66. The van der Waals surface area contributed by atoms with Crippen molar-refractivity contribution in [1.82, 2.24) is 0 Å². The van der Waals surface area contributed by atoms with Crippen LogP contribution in [0.15, 0.2) is 42.2 Å². The molecule has 3 nitrogen and oxygen atoms in total. The first-order valence-corrected chi connectivity index (χ1v) is 14.3. The molecule has 0 radical (unpaired) electrons. The molecule has 0 aliphatic carbocycles. The molecule has 30 heavy (non-hydrogen) atoms. The summed E-state index contributed by atoms with van der Waals surface area (Å²) in [7, 11) is -5.01. The summed E-state index contributed by atoms with van der Waals surface area (Å²) < 4.78 is 0. The molecule has 0 heterocycles. The monoisotopic (exact) mass is 436 g/mol. The number of allylic oxidation sites excluding steroid dienone is 2. The van der Waals surface area contributed by atoms with E-state index in [2.05, 4.69) is 19.9 Å². The van der Waals surface area contributed by atoms with Gasteiger partial charge >= 0.3 is 185 Å². The molecule has 0 fully saturated rings. The van der Waals surface area contributed by atoms with Crippen LogP contribution in [-0.2, 0) is 0 Å². The molecule has 1 rings (SSSR count). The second-order valence-corrected chi connectivity index (χ2v) is 11.4. The number of hydrogen-bond donors (Lipinski definition) is 3. The maximum absolute atomic E-state index is 10.7. The van der Waals surface area contributed by atoms with Gasteiger partial charge in [-0.05, 0) is 0 Å². The molecular weight excluding hydrogens is 391 g/mol. The molecule has 3 N–H and O–H groups in total. The predicted molar refractivity (Wildman–Crippen MR) is 134 cm³/mol. The predicted octanol–water partition coefficient (Wildman–Crippen LogP) is 7.62. The number of hydrogen-bond acceptors (Lipinski definition) is 3. The SMILES string of the molecule is CCCCCCCCC=Cc1ccccc1P(O)(O)(O)C=CCCCCCCCC. The summed E-state index contributed by atoms with van der Waals surface area (Å²) in [6.45, 7) is 4.43. The van der Waals surface area contributed by atoms with Crippen LogP contribution in [0.25, 0.3) is 6.08 Å². The van der Waals surface area contributed by atoms with Crippen LogP contribution in [-0.4, -0.2) is 14.7 Å². The van der Waals surface area contributed by atoms with Crippen molar-refractivity contribution in [2.75, 3.05) is 0 Å².